The van der Waals surface area contributed by atoms with Crippen LogP contribution < -0.4 is 5.32 Å². The molecule has 2 aromatic carbocycles. The predicted molar refractivity (Wildman–Crippen MR) is 81.9 cm³/mol. The molecule has 0 fully saturated rings. The van der Waals surface area contributed by atoms with Crippen LogP contribution in [-0.2, 0) is 0 Å². The molecule has 0 radical (unpaired) electrons. The third-order valence-electron chi connectivity index (χ3n) is 2.78. The number of amides is 1. The van der Waals surface area contributed by atoms with E-state index >= 15 is 0 Å². The third-order valence-corrected chi connectivity index (χ3v) is 3.94. The minimum absolute atomic E-state index is 0.00389. The monoisotopic (exact) mass is 355 g/mol. The second-order valence-electron chi connectivity index (χ2n) is 4.22. The van der Waals surface area contributed by atoms with Crippen molar-refractivity contribution in [1.29, 1.82) is 0 Å². The van der Waals surface area contributed by atoms with Gasteiger partial charge < -0.3 is 5.32 Å². The number of benzene rings is 2. The Morgan fingerprint density at radius 3 is 2.60 bits per heavy atom. The maximum Gasteiger partial charge on any atom is 0.251 e. The Hall–Kier alpha value is -1.39. The van der Waals surface area contributed by atoms with Gasteiger partial charge in [0.2, 0.25) is 0 Å². The average Bonchev–Trinajstić information content (AvgIpc) is 2.48. The summed E-state index contributed by atoms with van der Waals surface area (Å²) < 4.78 is 13.3. The Balaban J connectivity index is 1.97. The highest BCUT2D eigenvalue weighted by Gasteiger charge is 2.12. The molecule has 0 saturated carbocycles. The van der Waals surface area contributed by atoms with Gasteiger partial charge in [0.15, 0.2) is 0 Å². The van der Waals surface area contributed by atoms with Crippen LogP contribution in [-0.4, -0.2) is 12.5 Å². The van der Waals surface area contributed by atoms with E-state index in [4.69, 9.17) is 11.6 Å². The molecule has 1 amide bonds. The molecular formula is C15H12BrClFNO. The van der Waals surface area contributed by atoms with E-state index in [1.807, 2.05) is 30.3 Å². The smallest absolute Gasteiger partial charge is 0.251 e. The van der Waals surface area contributed by atoms with Crippen molar-refractivity contribution in [3.8, 4) is 0 Å². The first-order chi connectivity index (χ1) is 9.58. The summed E-state index contributed by atoms with van der Waals surface area (Å²) in [6.07, 6.45) is 0. The van der Waals surface area contributed by atoms with E-state index in [2.05, 4.69) is 21.2 Å². The van der Waals surface area contributed by atoms with Crippen LogP contribution >= 0.6 is 27.5 Å². The zero-order valence-corrected chi connectivity index (χ0v) is 12.8. The summed E-state index contributed by atoms with van der Waals surface area (Å²) in [6.45, 7) is 0.410. The molecule has 1 unspecified atom stereocenters. The highest BCUT2D eigenvalue weighted by molar-refractivity contribution is 9.09. The van der Waals surface area contributed by atoms with Gasteiger partial charge >= 0.3 is 0 Å². The van der Waals surface area contributed by atoms with Gasteiger partial charge in [-0.2, -0.15) is 0 Å². The van der Waals surface area contributed by atoms with Crippen molar-refractivity contribution in [2.45, 2.75) is 4.83 Å². The Kier molecular flexibility index (Phi) is 5.15. The maximum atomic E-state index is 13.3. The zero-order chi connectivity index (χ0) is 14.5. The molecule has 2 aromatic rings. The minimum atomic E-state index is -0.599. The van der Waals surface area contributed by atoms with Gasteiger partial charge in [0.25, 0.3) is 5.91 Å². The molecule has 0 aliphatic heterocycles. The van der Waals surface area contributed by atoms with E-state index in [0.29, 0.717) is 6.54 Å². The molecule has 1 atom stereocenters. The number of carbonyl (C=O) groups excluding carboxylic acids is 1. The largest absolute Gasteiger partial charge is 0.351 e. The molecule has 2 rings (SSSR count). The van der Waals surface area contributed by atoms with E-state index in [1.54, 1.807) is 0 Å². The summed E-state index contributed by atoms with van der Waals surface area (Å²) in [5.41, 5.74) is 1.31. The summed E-state index contributed by atoms with van der Waals surface area (Å²) in [7, 11) is 0. The van der Waals surface area contributed by atoms with Gasteiger partial charge in [-0.15, -0.1) is 0 Å². The molecule has 1 N–H and O–H groups in total. The van der Waals surface area contributed by atoms with Gasteiger partial charge in [0.1, 0.15) is 5.82 Å². The van der Waals surface area contributed by atoms with E-state index in [-0.39, 0.29) is 21.3 Å². The van der Waals surface area contributed by atoms with E-state index in [1.165, 1.54) is 12.1 Å². The highest BCUT2D eigenvalue weighted by Crippen LogP contribution is 2.21. The average molecular weight is 357 g/mol. The number of rotatable bonds is 4. The van der Waals surface area contributed by atoms with Crippen LogP contribution in [0.1, 0.15) is 20.7 Å². The Bertz CT molecular complexity index is 606. The molecule has 0 aliphatic carbocycles. The molecule has 104 valence electrons. The van der Waals surface area contributed by atoms with Gasteiger partial charge in [0.05, 0.1) is 9.85 Å². The molecule has 0 aromatic heterocycles. The molecular weight excluding hydrogens is 345 g/mol. The SMILES string of the molecule is O=C(NCC(Br)c1ccccc1)c1ccc(Cl)c(F)c1. The van der Waals surface area contributed by atoms with Crippen LogP contribution in [0, 0.1) is 5.82 Å². The number of hydrogen-bond acceptors (Lipinski definition) is 1. The molecule has 0 aliphatic rings. The molecule has 0 saturated heterocycles. The van der Waals surface area contributed by atoms with E-state index in [9.17, 15) is 9.18 Å². The topological polar surface area (TPSA) is 29.1 Å². The Morgan fingerprint density at radius 2 is 1.95 bits per heavy atom. The van der Waals surface area contributed by atoms with Crippen molar-refractivity contribution in [3.63, 3.8) is 0 Å². The van der Waals surface area contributed by atoms with Crippen LogP contribution in [0.15, 0.2) is 48.5 Å². The van der Waals surface area contributed by atoms with E-state index in [0.717, 1.165) is 11.6 Å². The standard InChI is InChI=1S/C15H12BrClFNO/c16-12(10-4-2-1-3-5-10)9-19-15(20)11-6-7-13(17)14(18)8-11/h1-8,12H,9H2,(H,19,20). The third kappa shape index (κ3) is 3.81. The highest BCUT2D eigenvalue weighted by atomic mass is 79.9. The number of carbonyl (C=O) groups is 1. The predicted octanol–water partition coefficient (Wildman–Crippen LogP) is 4.35. The number of nitrogens with one attached hydrogen (secondary N) is 1. The summed E-state index contributed by atoms with van der Waals surface area (Å²) in [6, 6.07) is 13.7. The minimum Gasteiger partial charge on any atom is -0.351 e. The zero-order valence-electron chi connectivity index (χ0n) is 10.4. The molecule has 5 heteroatoms. The van der Waals surface area contributed by atoms with Crippen LogP contribution in [0.3, 0.4) is 0 Å². The van der Waals surface area contributed by atoms with Gasteiger partial charge in [-0.1, -0.05) is 57.9 Å². The molecule has 0 spiro atoms. The lowest BCUT2D eigenvalue weighted by Gasteiger charge is -2.11. The number of hydrogen-bond donors (Lipinski definition) is 1. The first kappa shape index (κ1) is 15.0. The molecule has 0 bridgehead atoms. The van der Waals surface area contributed by atoms with Gasteiger partial charge in [-0.3, -0.25) is 4.79 Å². The van der Waals surface area contributed by atoms with Gasteiger partial charge in [-0.25, -0.2) is 4.39 Å². The van der Waals surface area contributed by atoms with Crippen LogP contribution in [0.2, 0.25) is 5.02 Å². The van der Waals surface area contributed by atoms with Crippen LogP contribution in [0.25, 0.3) is 0 Å². The van der Waals surface area contributed by atoms with Crippen LogP contribution in [0.5, 0.6) is 0 Å². The number of alkyl halides is 1. The summed E-state index contributed by atoms with van der Waals surface area (Å²) in [4.78, 5) is 11.9. The fourth-order valence-corrected chi connectivity index (χ4v) is 2.29. The quantitative estimate of drug-likeness (QED) is 0.811. The van der Waals surface area contributed by atoms with Crippen molar-refractivity contribution >= 4 is 33.4 Å². The van der Waals surface area contributed by atoms with Gasteiger partial charge in [0, 0.05) is 12.1 Å². The van der Waals surface area contributed by atoms with E-state index < -0.39 is 5.82 Å². The molecule has 0 heterocycles. The first-order valence-corrected chi connectivity index (χ1v) is 7.29. The van der Waals surface area contributed by atoms with Crippen molar-refractivity contribution in [2.75, 3.05) is 6.54 Å². The second-order valence-corrected chi connectivity index (χ2v) is 5.73. The second kappa shape index (κ2) is 6.86. The van der Waals surface area contributed by atoms with Gasteiger partial charge in [-0.05, 0) is 23.8 Å². The fraction of sp³-hybridized carbons (Fsp3) is 0.133. The normalized spacial score (nSPS) is 11.9. The Morgan fingerprint density at radius 1 is 1.25 bits per heavy atom. The summed E-state index contributed by atoms with van der Waals surface area (Å²) in [5, 5.41) is 2.75. The Labute approximate surface area is 130 Å². The van der Waals surface area contributed by atoms with Crippen molar-refractivity contribution in [1.82, 2.24) is 5.32 Å². The lowest BCUT2D eigenvalue weighted by molar-refractivity contribution is 0.0953. The maximum absolute atomic E-state index is 13.3. The van der Waals surface area contributed by atoms with Crippen LogP contribution in [0.4, 0.5) is 4.39 Å². The lowest BCUT2D eigenvalue weighted by Crippen LogP contribution is -2.26. The summed E-state index contributed by atoms with van der Waals surface area (Å²) >= 11 is 9.08. The lowest BCUT2D eigenvalue weighted by atomic mass is 10.1. The van der Waals surface area contributed by atoms with Crippen molar-refractivity contribution in [2.24, 2.45) is 0 Å². The summed E-state index contributed by atoms with van der Waals surface area (Å²) in [5.74, 6) is -0.932. The molecule has 20 heavy (non-hydrogen) atoms. The van der Waals surface area contributed by atoms with Crippen molar-refractivity contribution in [3.05, 3.63) is 70.5 Å². The first-order valence-electron chi connectivity index (χ1n) is 6.00. The fourth-order valence-electron chi connectivity index (χ4n) is 1.70. The molecule has 2 nitrogen and oxygen atoms in total. The van der Waals surface area contributed by atoms with Crippen molar-refractivity contribution < 1.29 is 9.18 Å². The number of halogens is 3.